The van der Waals surface area contributed by atoms with Crippen molar-refractivity contribution in [3.05, 3.63) is 0 Å². The molecule has 0 amide bonds. The van der Waals surface area contributed by atoms with Gasteiger partial charge in [0.05, 0.1) is 0 Å². The SMILES string of the molecule is CCCC[Si](C)(C)OCCCCCCCCCCCCCCCC(=O)O. The average Bonchev–Trinajstić information content (AvgIpc) is 2.59. The Balaban J connectivity index is 3.17. The van der Waals surface area contributed by atoms with E-state index in [2.05, 4.69) is 20.0 Å². The lowest BCUT2D eigenvalue weighted by atomic mass is 10.0. The summed E-state index contributed by atoms with van der Waals surface area (Å²) in [5.74, 6) is -0.657. The zero-order valence-corrected chi connectivity index (χ0v) is 19.0. The molecule has 26 heavy (non-hydrogen) atoms. The fourth-order valence-corrected chi connectivity index (χ4v) is 5.39. The van der Waals surface area contributed by atoms with Gasteiger partial charge in [-0.3, -0.25) is 4.79 Å². The molecule has 0 bridgehead atoms. The van der Waals surface area contributed by atoms with Crippen LogP contribution in [0, 0.1) is 0 Å². The highest BCUT2D eigenvalue weighted by molar-refractivity contribution is 6.71. The molecule has 1 N–H and O–H groups in total. The molecular formula is C22H46O3Si. The fourth-order valence-electron chi connectivity index (χ4n) is 3.35. The summed E-state index contributed by atoms with van der Waals surface area (Å²) in [5.41, 5.74) is 0. The molecule has 0 unspecified atom stereocenters. The zero-order chi connectivity index (χ0) is 19.5. The number of carbonyl (C=O) groups is 1. The number of hydrogen-bond donors (Lipinski definition) is 1. The second kappa shape index (κ2) is 18.0. The van der Waals surface area contributed by atoms with Crippen LogP contribution >= 0.6 is 0 Å². The van der Waals surface area contributed by atoms with E-state index < -0.39 is 14.3 Å². The van der Waals surface area contributed by atoms with Crippen molar-refractivity contribution in [3.8, 4) is 0 Å². The van der Waals surface area contributed by atoms with Gasteiger partial charge < -0.3 is 9.53 Å². The van der Waals surface area contributed by atoms with Crippen LogP contribution in [0.25, 0.3) is 0 Å². The van der Waals surface area contributed by atoms with Gasteiger partial charge in [-0.1, -0.05) is 90.4 Å². The van der Waals surface area contributed by atoms with Crippen LogP contribution < -0.4 is 0 Å². The Morgan fingerprint density at radius 1 is 0.731 bits per heavy atom. The number of hydrogen-bond acceptors (Lipinski definition) is 2. The molecule has 4 heteroatoms. The van der Waals surface area contributed by atoms with E-state index in [1.54, 1.807) is 0 Å². The third kappa shape index (κ3) is 20.0. The van der Waals surface area contributed by atoms with E-state index >= 15 is 0 Å². The molecule has 0 saturated carbocycles. The van der Waals surface area contributed by atoms with Crippen molar-refractivity contribution in [3.63, 3.8) is 0 Å². The molecule has 0 aliphatic carbocycles. The summed E-state index contributed by atoms with van der Waals surface area (Å²) in [7, 11) is -1.36. The van der Waals surface area contributed by atoms with Gasteiger partial charge in [-0.25, -0.2) is 0 Å². The normalized spacial score (nSPS) is 11.8. The van der Waals surface area contributed by atoms with Crippen LogP contribution in [0.1, 0.15) is 110 Å². The second-order valence-electron chi connectivity index (χ2n) is 8.45. The summed E-state index contributed by atoms with van der Waals surface area (Å²) in [5, 5.41) is 8.57. The predicted molar refractivity (Wildman–Crippen MR) is 115 cm³/mol. The topological polar surface area (TPSA) is 46.5 Å². The Kier molecular flexibility index (Phi) is 17.8. The van der Waals surface area contributed by atoms with Gasteiger partial charge in [-0.2, -0.15) is 0 Å². The number of carboxylic acids is 1. The maximum atomic E-state index is 10.4. The zero-order valence-electron chi connectivity index (χ0n) is 18.0. The van der Waals surface area contributed by atoms with Crippen molar-refractivity contribution >= 4 is 14.3 Å². The Bertz CT molecular complexity index is 319. The van der Waals surface area contributed by atoms with Crippen molar-refractivity contribution in [2.24, 2.45) is 0 Å². The third-order valence-corrected chi connectivity index (χ3v) is 7.70. The lowest BCUT2D eigenvalue weighted by molar-refractivity contribution is -0.137. The summed E-state index contributed by atoms with van der Waals surface area (Å²) in [4.78, 5) is 10.4. The molecule has 0 radical (unpaired) electrons. The van der Waals surface area contributed by atoms with Gasteiger partial charge in [0, 0.05) is 13.0 Å². The van der Waals surface area contributed by atoms with Gasteiger partial charge in [0.25, 0.3) is 0 Å². The van der Waals surface area contributed by atoms with Gasteiger partial charge in [-0.05, 0) is 32.0 Å². The molecule has 0 saturated heterocycles. The first kappa shape index (κ1) is 25.6. The Morgan fingerprint density at radius 2 is 1.15 bits per heavy atom. The number of aliphatic carboxylic acids is 1. The third-order valence-electron chi connectivity index (χ3n) is 5.16. The molecule has 0 rings (SSSR count). The highest BCUT2D eigenvalue weighted by atomic mass is 28.4. The number of carboxylic acid groups (broad SMARTS) is 1. The van der Waals surface area contributed by atoms with E-state index in [1.165, 1.54) is 89.5 Å². The highest BCUT2D eigenvalue weighted by Gasteiger charge is 2.20. The maximum absolute atomic E-state index is 10.4. The quantitative estimate of drug-likeness (QED) is 0.173. The van der Waals surface area contributed by atoms with Crippen molar-refractivity contribution in [1.82, 2.24) is 0 Å². The molecule has 0 atom stereocenters. The molecule has 0 aliphatic heterocycles. The van der Waals surface area contributed by atoms with Crippen LogP contribution in [-0.2, 0) is 9.22 Å². The number of rotatable bonds is 20. The standard InChI is InChI=1S/C22H46O3Si/c1-4-5-21-26(2,3)25-20-18-16-14-12-10-8-6-7-9-11-13-15-17-19-22(23)24/h4-21H2,1-3H3,(H,23,24). The van der Waals surface area contributed by atoms with E-state index in [-0.39, 0.29) is 0 Å². The molecule has 0 aliphatic rings. The first-order valence-corrected chi connectivity index (χ1v) is 14.5. The summed E-state index contributed by atoms with van der Waals surface area (Å²) < 4.78 is 6.16. The Hall–Kier alpha value is -0.353. The molecular weight excluding hydrogens is 340 g/mol. The van der Waals surface area contributed by atoms with Gasteiger partial charge in [0.2, 0.25) is 0 Å². The van der Waals surface area contributed by atoms with Crippen molar-refractivity contribution in [2.45, 2.75) is 129 Å². The largest absolute Gasteiger partial charge is 0.481 e. The van der Waals surface area contributed by atoms with E-state index in [0.717, 1.165) is 19.4 Å². The average molecular weight is 387 g/mol. The van der Waals surface area contributed by atoms with Crippen molar-refractivity contribution < 1.29 is 14.3 Å². The van der Waals surface area contributed by atoms with Crippen molar-refractivity contribution in [2.75, 3.05) is 6.61 Å². The molecule has 3 nitrogen and oxygen atoms in total. The summed E-state index contributed by atoms with van der Waals surface area (Å²) in [6, 6.07) is 1.31. The maximum Gasteiger partial charge on any atom is 0.303 e. The molecule has 0 fully saturated rings. The predicted octanol–water partition coefficient (Wildman–Crippen LogP) is 7.55. The van der Waals surface area contributed by atoms with Crippen LogP contribution in [-0.4, -0.2) is 26.0 Å². The molecule has 0 spiro atoms. The Labute approximate surface area is 164 Å². The minimum atomic E-state index is -1.36. The van der Waals surface area contributed by atoms with Gasteiger partial charge in [-0.15, -0.1) is 0 Å². The van der Waals surface area contributed by atoms with Crippen molar-refractivity contribution in [1.29, 1.82) is 0 Å². The smallest absolute Gasteiger partial charge is 0.303 e. The minimum Gasteiger partial charge on any atom is -0.481 e. The lowest BCUT2D eigenvalue weighted by Crippen LogP contribution is -2.30. The number of unbranched alkanes of at least 4 members (excludes halogenated alkanes) is 13. The van der Waals surface area contributed by atoms with Crippen LogP contribution in [0.4, 0.5) is 0 Å². The summed E-state index contributed by atoms with van der Waals surface area (Å²) in [6.07, 6.45) is 19.5. The molecule has 0 aromatic carbocycles. The van der Waals surface area contributed by atoms with Crippen LogP contribution in [0.2, 0.25) is 19.1 Å². The molecule has 0 aromatic rings. The summed E-state index contributed by atoms with van der Waals surface area (Å²) in [6.45, 7) is 7.96. The fraction of sp³-hybridized carbons (Fsp3) is 0.955. The van der Waals surface area contributed by atoms with E-state index in [0.29, 0.717) is 6.42 Å². The van der Waals surface area contributed by atoms with Crippen LogP contribution in [0.5, 0.6) is 0 Å². The molecule has 0 aromatic heterocycles. The van der Waals surface area contributed by atoms with Gasteiger partial charge >= 0.3 is 5.97 Å². The van der Waals surface area contributed by atoms with E-state index in [1.807, 2.05) is 0 Å². The summed E-state index contributed by atoms with van der Waals surface area (Å²) >= 11 is 0. The van der Waals surface area contributed by atoms with Gasteiger partial charge in [0.1, 0.15) is 0 Å². The lowest BCUT2D eigenvalue weighted by Gasteiger charge is -2.22. The first-order valence-electron chi connectivity index (χ1n) is 11.3. The van der Waals surface area contributed by atoms with Crippen LogP contribution in [0.15, 0.2) is 0 Å². The first-order chi connectivity index (χ1) is 12.5. The highest BCUT2D eigenvalue weighted by Crippen LogP contribution is 2.16. The minimum absolute atomic E-state index is 0.338. The van der Waals surface area contributed by atoms with E-state index in [4.69, 9.17) is 9.53 Å². The second-order valence-corrected chi connectivity index (χ2v) is 12.8. The molecule has 156 valence electrons. The van der Waals surface area contributed by atoms with E-state index in [9.17, 15) is 4.79 Å². The Morgan fingerprint density at radius 3 is 1.58 bits per heavy atom. The molecule has 0 heterocycles. The van der Waals surface area contributed by atoms with Crippen LogP contribution in [0.3, 0.4) is 0 Å². The monoisotopic (exact) mass is 386 g/mol. The van der Waals surface area contributed by atoms with Gasteiger partial charge in [0.15, 0.2) is 8.32 Å².